The normalized spacial score (nSPS) is 9.80. The maximum absolute atomic E-state index is 8.65. The van der Waals surface area contributed by atoms with Crippen LogP contribution in [0.1, 0.15) is 12.5 Å². The molecule has 0 heterocycles. The summed E-state index contributed by atoms with van der Waals surface area (Å²) in [4.78, 5) is 0. The van der Waals surface area contributed by atoms with Crippen LogP contribution in [-0.4, -0.2) is 6.61 Å². The fourth-order valence-corrected chi connectivity index (χ4v) is 1.89. The largest absolute Gasteiger partial charge is 0.492 e. The number of nitrogen functional groups attached to an aromatic ring is 1. The molecule has 0 bridgehead atoms. The molecule has 0 unspecified atom stereocenters. The van der Waals surface area contributed by atoms with E-state index in [0.29, 0.717) is 24.5 Å². The van der Waals surface area contributed by atoms with E-state index in [9.17, 15) is 0 Å². The zero-order valence-corrected chi connectivity index (χ0v) is 11.4. The highest BCUT2D eigenvalue weighted by Gasteiger charge is 2.05. The number of para-hydroxylation sites is 1. The van der Waals surface area contributed by atoms with Gasteiger partial charge in [-0.1, -0.05) is 18.2 Å². The van der Waals surface area contributed by atoms with Crippen LogP contribution in [0, 0.1) is 11.3 Å². The molecule has 0 radical (unpaired) electrons. The number of nitrogens with two attached hydrogens (primary N) is 1. The Kier molecular flexibility index (Phi) is 4.46. The van der Waals surface area contributed by atoms with Gasteiger partial charge in [-0.2, -0.15) is 5.26 Å². The van der Waals surface area contributed by atoms with Crippen LogP contribution in [0.3, 0.4) is 0 Å². The number of rotatable bonds is 5. The lowest BCUT2D eigenvalue weighted by Crippen LogP contribution is -2.01. The van der Waals surface area contributed by atoms with Crippen molar-refractivity contribution in [3.8, 4) is 11.8 Å². The second kappa shape index (κ2) is 6.48. The number of nitrogens with one attached hydrogen (secondary N) is 1. The quantitative estimate of drug-likeness (QED) is 0.814. The molecule has 0 aromatic heterocycles. The van der Waals surface area contributed by atoms with Gasteiger partial charge in [0.05, 0.1) is 30.5 Å². The number of ether oxygens (including phenoxy) is 1. The van der Waals surface area contributed by atoms with E-state index in [0.717, 1.165) is 16.9 Å². The molecule has 3 N–H and O–H groups in total. The summed E-state index contributed by atoms with van der Waals surface area (Å²) in [5.74, 6) is 0.679. The summed E-state index contributed by atoms with van der Waals surface area (Å²) in [6.07, 6.45) is 0.419. The highest BCUT2D eigenvalue weighted by molar-refractivity contribution is 5.77. The molecule has 20 heavy (non-hydrogen) atoms. The van der Waals surface area contributed by atoms with E-state index in [4.69, 9.17) is 15.7 Å². The lowest BCUT2D eigenvalue weighted by Gasteiger charge is -2.13. The number of hydrogen-bond donors (Lipinski definition) is 2. The summed E-state index contributed by atoms with van der Waals surface area (Å²) in [6, 6.07) is 15.5. The van der Waals surface area contributed by atoms with Crippen molar-refractivity contribution in [1.29, 1.82) is 5.26 Å². The predicted octanol–water partition coefficient (Wildman–Crippen LogP) is 3.48. The average molecular weight is 267 g/mol. The zero-order valence-electron chi connectivity index (χ0n) is 11.4. The van der Waals surface area contributed by atoms with Gasteiger partial charge in [0.15, 0.2) is 0 Å². The fourth-order valence-electron chi connectivity index (χ4n) is 1.89. The van der Waals surface area contributed by atoms with Gasteiger partial charge < -0.3 is 15.8 Å². The minimum Gasteiger partial charge on any atom is -0.492 e. The van der Waals surface area contributed by atoms with Crippen LogP contribution in [0.25, 0.3) is 0 Å². The van der Waals surface area contributed by atoms with Gasteiger partial charge in [-0.25, -0.2) is 0 Å². The second-order valence-corrected chi connectivity index (χ2v) is 4.31. The van der Waals surface area contributed by atoms with Crippen LogP contribution in [0.5, 0.6) is 5.75 Å². The van der Waals surface area contributed by atoms with Gasteiger partial charge in [-0.15, -0.1) is 0 Å². The minimum absolute atomic E-state index is 0.419. The molecular formula is C16H17N3O. The van der Waals surface area contributed by atoms with E-state index in [1.54, 1.807) is 0 Å². The van der Waals surface area contributed by atoms with Gasteiger partial charge in [0.2, 0.25) is 0 Å². The SMILES string of the molecule is CCOc1cccc(Nc2ccc(CC#N)cc2)c1N. The molecule has 0 aliphatic carbocycles. The molecule has 0 fully saturated rings. The first-order valence-electron chi connectivity index (χ1n) is 6.48. The molecule has 2 rings (SSSR count). The number of benzene rings is 2. The van der Waals surface area contributed by atoms with Crippen LogP contribution in [-0.2, 0) is 6.42 Å². The van der Waals surface area contributed by atoms with Crippen LogP contribution in [0.2, 0.25) is 0 Å². The fraction of sp³-hybridized carbons (Fsp3) is 0.188. The molecule has 0 amide bonds. The van der Waals surface area contributed by atoms with Crippen molar-refractivity contribution in [3.63, 3.8) is 0 Å². The first kappa shape index (κ1) is 13.8. The van der Waals surface area contributed by atoms with Gasteiger partial charge in [-0.3, -0.25) is 0 Å². The van der Waals surface area contributed by atoms with Crippen molar-refractivity contribution < 1.29 is 4.74 Å². The molecule has 2 aromatic rings. The van der Waals surface area contributed by atoms with E-state index < -0.39 is 0 Å². The van der Waals surface area contributed by atoms with E-state index in [2.05, 4.69) is 11.4 Å². The molecule has 0 atom stereocenters. The Bertz CT molecular complexity index is 615. The third-order valence-corrected chi connectivity index (χ3v) is 2.88. The van der Waals surface area contributed by atoms with E-state index in [1.165, 1.54) is 0 Å². The molecular weight excluding hydrogens is 250 g/mol. The zero-order chi connectivity index (χ0) is 14.4. The Labute approximate surface area is 118 Å². The summed E-state index contributed by atoms with van der Waals surface area (Å²) in [5.41, 5.74) is 9.38. The topological polar surface area (TPSA) is 71.1 Å². The third kappa shape index (κ3) is 3.21. The van der Waals surface area contributed by atoms with Crippen LogP contribution < -0.4 is 15.8 Å². The van der Waals surface area contributed by atoms with E-state index >= 15 is 0 Å². The summed E-state index contributed by atoms with van der Waals surface area (Å²) < 4.78 is 5.47. The number of nitriles is 1. The van der Waals surface area contributed by atoms with Crippen molar-refractivity contribution in [2.45, 2.75) is 13.3 Å². The van der Waals surface area contributed by atoms with Crippen LogP contribution in [0.4, 0.5) is 17.1 Å². The first-order chi connectivity index (χ1) is 9.74. The molecule has 102 valence electrons. The van der Waals surface area contributed by atoms with Gasteiger partial charge >= 0.3 is 0 Å². The van der Waals surface area contributed by atoms with E-state index in [-0.39, 0.29) is 0 Å². The molecule has 0 spiro atoms. The van der Waals surface area contributed by atoms with Gasteiger partial charge in [0.25, 0.3) is 0 Å². The summed E-state index contributed by atoms with van der Waals surface area (Å²) >= 11 is 0. The Balaban J connectivity index is 2.17. The molecule has 4 nitrogen and oxygen atoms in total. The standard InChI is InChI=1S/C16H17N3O/c1-2-20-15-5-3-4-14(16(15)18)19-13-8-6-12(7-9-13)10-11-17/h3-9,19H,2,10,18H2,1H3. The maximum Gasteiger partial charge on any atom is 0.144 e. The maximum atomic E-state index is 8.65. The van der Waals surface area contributed by atoms with Gasteiger partial charge in [0.1, 0.15) is 5.75 Å². The number of nitrogens with zero attached hydrogens (tertiary/aromatic N) is 1. The van der Waals surface area contributed by atoms with Gasteiger partial charge in [0, 0.05) is 5.69 Å². The number of anilines is 3. The van der Waals surface area contributed by atoms with Gasteiger partial charge in [-0.05, 0) is 36.8 Å². The Morgan fingerprint density at radius 2 is 1.95 bits per heavy atom. The molecule has 0 saturated carbocycles. The molecule has 4 heteroatoms. The monoisotopic (exact) mass is 267 g/mol. The summed E-state index contributed by atoms with van der Waals surface area (Å²) in [6.45, 7) is 2.50. The highest BCUT2D eigenvalue weighted by atomic mass is 16.5. The Hall–Kier alpha value is -2.67. The summed E-state index contributed by atoms with van der Waals surface area (Å²) in [7, 11) is 0. The lowest BCUT2D eigenvalue weighted by atomic mass is 10.1. The van der Waals surface area contributed by atoms with Crippen molar-refractivity contribution in [3.05, 3.63) is 48.0 Å². The second-order valence-electron chi connectivity index (χ2n) is 4.31. The highest BCUT2D eigenvalue weighted by Crippen LogP contribution is 2.31. The van der Waals surface area contributed by atoms with E-state index in [1.807, 2.05) is 49.4 Å². The molecule has 0 saturated heterocycles. The number of hydrogen-bond acceptors (Lipinski definition) is 4. The molecule has 0 aliphatic heterocycles. The average Bonchev–Trinajstić information content (AvgIpc) is 2.46. The Morgan fingerprint density at radius 3 is 2.60 bits per heavy atom. The van der Waals surface area contributed by atoms with Crippen molar-refractivity contribution in [2.75, 3.05) is 17.7 Å². The Morgan fingerprint density at radius 1 is 1.20 bits per heavy atom. The van der Waals surface area contributed by atoms with Crippen molar-refractivity contribution in [2.24, 2.45) is 0 Å². The van der Waals surface area contributed by atoms with Crippen molar-refractivity contribution in [1.82, 2.24) is 0 Å². The first-order valence-corrected chi connectivity index (χ1v) is 6.48. The lowest BCUT2D eigenvalue weighted by molar-refractivity contribution is 0.342. The molecule has 2 aromatic carbocycles. The van der Waals surface area contributed by atoms with Crippen LogP contribution in [0.15, 0.2) is 42.5 Å². The third-order valence-electron chi connectivity index (χ3n) is 2.88. The summed E-state index contributed by atoms with van der Waals surface area (Å²) in [5, 5.41) is 11.9. The van der Waals surface area contributed by atoms with Crippen molar-refractivity contribution >= 4 is 17.1 Å². The van der Waals surface area contributed by atoms with Crippen LogP contribution >= 0.6 is 0 Å². The minimum atomic E-state index is 0.419. The predicted molar refractivity (Wildman–Crippen MR) is 81.1 cm³/mol. The smallest absolute Gasteiger partial charge is 0.144 e. The molecule has 0 aliphatic rings.